The van der Waals surface area contributed by atoms with Crippen LogP contribution in [0.2, 0.25) is 0 Å². The Balaban J connectivity index is 1.67. The Labute approximate surface area is 84.5 Å². The van der Waals surface area contributed by atoms with Crippen molar-refractivity contribution in [3.8, 4) is 0 Å². The minimum atomic E-state index is 0.562. The number of ether oxygens (including phenoxy) is 1. The summed E-state index contributed by atoms with van der Waals surface area (Å²) in [6, 6.07) is 4.65. The second-order valence-corrected chi connectivity index (χ2v) is 3.63. The molecule has 14 heavy (non-hydrogen) atoms. The SMILES string of the molecule is c1cncc(CCNC2CCOC2)c1. The van der Waals surface area contributed by atoms with E-state index in [0.717, 1.165) is 32.6 Å². The molecular formula is C11H16N2O. The number of hydrogen-bond acceptors (Lipinski definition) is 3. The van der Waals surface area contributed by atoms with E-state index in [1.54, 1.807) is 0 Å². The summed E-state index contributed by atoms with van der Waals surface area (Å²) >= 11 is 0. The molecule has 1 N–H and O–H groups in total. The standard InChI is InChI=1S/C11H16N2O/c1-2-10(8-12-5-1)3-6-13-11-4-7-14-9-11/h1-2,5,8,11,13H,3-4,6-7,9H2. The molecule has 3 nitrogen and oxygen atoms in total. The average molecular weight is 192 g/mol. The van der Waals surface area contributed by atoms with E-state index in [-0.39, 0.29) is 0 Å². The first-order valence-electron chi connectivity index (χ1n) is 5.15. The van der Waals surface area contributed by atoms with Crippen LogP contribution in [-0.4, -0.2) is 30.8 Å². The number of aromatic nitrogens is 1. The van der Waals surface area contributed by atoms with Crippen molar-refractivity contribution < 1.29 is 4.74 Å². The summed E-state index contributed by atoms with van der Waals surface area (Å²) in [6.07, 6.45) is 5.92. The van der Waals surface area contributed by atoms with E-state index in [0.29, 0.717) is 6.04 Å². The highest BCUT2D eigenvalue weighted by molar-refractivity contribution is 5.08. The number of hydrogen-bond donors (Lipinski definition) is 1. The minimum Gasteiger partial charge on any atom is -0.380 e. The fourth-order valence-electron chi connectivity index (χ4n) is 1.66. The van der Waals surface area contributed by atoms with Gasteiger partial charge in [-0.1, -0.05) is 6.07 Å². The zero-order chi connectivity index (χ0) is 9.64. The lowest BCUT2D eigenvalue weighted by molar-refractivity contribution is 0.190. The van der Waals surface area contributed by atoms with Crippen LogP contribution in [0.5, 0.6) is 0 Å². The van der Waals surface area contributed by atoms with Gasteiger partial charge < -0.3 is 10.1 Å². The van der Waals surface area contributed by atoms with Crippen molar-refractivity contribution in [2.24, 2.45) is 0 Å². The third-order valence-electron chi connectivity index (χ3n) is 2.50. The van der Waals surface area contributed by atoms with Crippen LogP contribution in [0.15, 0.2) is 24.5 Å². The normalized spacial score (nSPS) is 21.3. The van der Waals surface area contributed by atoms with Crippen LogP contribution in [0, 0.1) is 0 Å². The molecule has 0 saturated carbocycles. The van der Waals surface area contributed by atoms with Crippen molar-refractivity contribution in [2.75, 3.05) is 19.8 Å². The third-order valence-corrected chi connectivity index (χ3v) is 2.50. The van der Waals surface area contributed by atoms with Crippen LogP contribution in [0.25, 0.3) is 0 Å². The predicted octanol–water partition coefficient (Wildman–Crippen LogP) is 1.00. The molecule has 1 saturated heterocycles. The van der Waals surface area contributed by atoms with Gasteiger partial charge in [-0.05, 0) is 31.0 Å². The van der Waals surface area contributed by atoms with Gasteiger partial charge in [-0.3, -0.25) is 4.98 Å². The van der Waals surface area contributed by atoms with Crippen molar-refractivity contribution in [1.82, 2.24) is 10.3 Å². The maximum atomic E-state index is 5.28. The first-order valence-corrected chi connectivity index (χ1v) is 5.15. The topological polar surface area (TPSA) is 34.2 Å². The smallest absolute Gasteiger partial charge is 0.0620 e. The Morgan fingerprint density at radius 1 is 1.57 bits per heavy atom. The van der Waals surface area contributed by atoms with Gasteiger partial charge in [-0.15, -0.1) is 0 Å². The van der Waals surface area contributed by atoms with Crippen molar-refractivity contribution in [1.29, 1.82) is 0 Å². The monoisotopic (exact) mass is 192 g/mol. The second kappa shape index (κ2) is 5.08. The summed E-state index contributed by atoms with van der Waals surface area (Å²) in [5, 5.41) is 3.48. The molecule has 3 heteroatoms. The van der Waals surface area contributed by atoms with Crippen molar-refractivity contribution in [2.45, 2.75) is 18.9 Å². The summed E-state index contributed by atoms with van der Waals surface area (Å²) in [4.78, 5) is 4.08. The third kappa shape index (κ3) is 2.79. The zero-order valence-electron chi connectivity index (χ0n) is 8.28. The van der Waals surface area contributed by atoms with Crippen LogP contribution in [-0.2, 0) is 11.2 Å². The average Bonchev–Trinajstić information content (AvgIpc) is 2.72. The summed E-state index contributed by atoms with van der Waals surface area (Å²) in [6.45, 7) is 2.79. The first-order chi connectivity index (χ1) is 6.95. The first kappa shape index (κ1) is 9.62. The van der Waals surface area contributed by atoms with Gasteiger partial charge in [0.1, 0.15) is 0 Å². The van der Waals surface area contributed by atoms with Gasteiger partial charge in [0.15, 0.2) is 0 Å². The fourth-order valence-corrected chi connectivity index (χ4v) is 1.66. The molecule has 0 spiro atoms. The van der Waals surface area contributed by atoms with E-state index in [4.69, 9.17) is 4.74 Å². The van der Waals surface area contributed by atoms with E-state index in [1.807, 2.05) is 18.5 Å². The molecule has 76 valence electrons. The lowest BCUT2D eigenvalue weighted by atomic mass is 10.2. The van der Waals surface area contributed by atoms with E-state index < -0.39 is 0 Å². The van der Waals surface area contributed by atoms with Gasteiger partial charge in [0.25, 0.3) is 0 Å². The largest absolute Gasteiger partial charge is 0.380 e. The summed E-state index contributed by atoms with van der Waals surface area (Å²) in [5.74, 6) is 0. The van der Waals surface area contributed by atoms with Crippen molar-refractivity contribution in [3.63, 3.8) is 0 Å². The molecule has 1 fully saturated rings. The number of nitrogens with zero attached hydrogens (tertiary/aromatic N) is 1. The second-order valence-electron chi connectivity index (χ2n) is 3.63. The van der Waals surface area contributed by atoms with E-state index in [1.165, 1.54) is 5.56 Å². The van der Waals surface area contributed by atoms with Crippen LogP contribution >= 0.6 is 0 Å². The Bertz CT molecular complexity index is 257. The van der Waals surface area contributed by atoms with Gasteiger partial charge in [-0.2, -0.15) is 0 Å². The molecule has 1 atom stereocenters. The predicted molar refractivity (Wildman–Crippen MR) is 55.2 cm³/mol. The lowest BCUT2D eigenvalue weighted by Gasteiger charge is -2.09. The molecule has 1 unspecified atom stereocenters. The minimum absolute atomic E-state index is 0.562. The van der Waals surface area contributed by atoms with E-state index in [9.17, 15) is 0 Å². The Hall–Kier alpha value is -0.930. The maximum Gasteiger partial charge on any atom is 0.0620 e. The highest BCUT2D eigenvalue weighted by Crippen LogP contribution is 2.03. The lowest BCUT2D eigenvalue weighted by Crippen LogP contribution is -2.30. The molecule has 0 aromatic carbocycles. The van der Waals surface area contributed by atoms with Crippen LogP contribution in [0.4, 0.5) is 0 Å². The highest BCUT2D eigenvalue weighted by atomic mass is 16.5. The highest BCUT2D eigenvalue weighted by Gasteiger charge is 2.13. The maximum absolute atomic E-state index is 5.28. The van der Waals surface area contributed by atoms with E-state index in [2.05, 4.69) is 16.4 Å². The Morgan fingerprint density at radius 2 is 2.57 bits per heavy atom. The molecule has 1 aromatic heterocycles. The van der Waals surface area contributed by atoms with Crippen LogP contribution < -0.4 is 5.32 Å². The summed E-state index contributed by atoms with van der Waals surface area (Å²) < 4.78 is 5.28. The molecule has 0 radical (unpaired) electrons. The van der Waals surface area contributed by atoms with Crippen LogP contribution in [0.3, 0.4) is 0 Å². The van der Waals surface area contributed by atoms with Gasteiger partial charge >= 0.3 is 0 Å². The van der Waals surface area contributed by atoms with E-state index >= 15 is 0 Å². The molecule has 0 bridgehead atoms. The molecule has 2 heterocycles. The number of rotatable bonds is 4. The Morgan fingerprint density at radius 3 is 3.29 bits per heavy atom. The number of pyridine rings is 1. The molecule has 1 aliphatic rings. The Kier molecular flexibility index (Phi) is 3.49. The quantitative estimate of drug-likeness (QED) is 0.773. The van der Waals surface area contributed by atoms with Gasteiger partial charge in [0.2, 0.25) is 0 Å². The summed E-state index contributed by atoms with van der Waals surface area (Å²) in [7, 11) is 0. The van der Waals surface area contributed by atoms with Crippen molar-refractivity contribution >= 4 is 0 Å². The van der Waals surface area contributed by atoms with Crippen molar-refractivity contribution in [3.05, 3.63) is 30.1 Å². The molecule has 1 aliphatic heterocycles. The fraction of sp³-hybridized carbons (Fsp3) is 0.545. The molecule has 2 rings (SSSR count). The molecule has 1 aromatic rings. The molecule has 0 aliphatic carbocycles. The van der Waals surface area contributed by atoms with Gasteiger partial charge in [0, 0.05) is 25.0 Å². The van der Waals surface area contributed by atoms with Crippen LogP contribution in [0.1, 0.15) is 12.0 Å². The molecular weight excluding hydrogens is 176 g/mol. The zero-order valence-corrected chi connectivity index (χ0v) is 8.28. The van der Waals surface area contributed by atoms with Gasteiger partial charge in [-0.25, -0.2) is 0 Å². The summed E-state index contributed by atoms with van der Waals surface area (Å²) in [5.41, 5.74) is 1.29. The molecule has 0 amide bonds. The number of nitrogens with one attached hydrogen (secondary N) is 1. The van der Waals surface area contributed by atoms with Gasteiger partial charge in [0.05, 0.1) is 6.61 Å².